The average molecular weight is 341 g/mol. The highest BCUT2D eigenvalue weighted by Crippen LogP contribution is 2.36. The quantitative estimate of drug-likeness (QED) is 0.482. The molecule has 0 bridgehead atoms. The second-order valence-electron chi connectivity index (χ2n) is 6.04. The van der Waals surface area contributed by atoms with E-state index in [1.54, 1.807) is 13.8 Å². The molecular formula is C16H21ClN2O4. The van der Waals surface area contributed by atoms with Gasteiger partial charge in [-0.25, -0.2) is 4.79 Å². The van der Waals surface area contributed by atoms with Gasteiger partial charge in [-0.15, -0.1) is 0 Å². The maximum absolute atomic E-state index is 12.0. The smallest absolute Gasteiger partial charge is 0.338 e. The normalized spacial score (nSPS) is 15.5. The minimum atomic E-state index is -0.616. The van der Waals surface area contributed by atoms with Crippen LogP contribution in [0, 0.1) is 10.1 Å². The number of esters is 1. The lowest BCUT2D eigenvalue weighted by Gasteiger charge is -2.24. The molecule has 0 atom stereocenters. The van der Waals surface area contributed by atoms with Crippen molar-refractivity contribution in [3.05, 3.63) is 32.8 Å². The Bertz CT molecular complexity index is 598. The summed E-state index contributed by atoms with van der Waals surface area (Å²) in [5.41, 5.74) is 0.174. The molecule has 0 heterocycles. The van der Waals surface area contributed by atoms with E-state index in [9.17, 15) is 14.9 Å². The Morgan fingerprint density at radius 2 is 2.00 bits per heavy atom. The van der Waals surface area contributed by atoms with Crippen molar-refractivity contribution in [3.63, 3.8) is 0 Å². The van der Waals surface area contributed by atoms with E-state index < -0.39 is 10.9 Å². The van der Waals surface area contributed by atoms with E-state index in [0.717, 1.165) is 25.7 Å². The lowest BCUT2D eigenvalue weighted by atomic mass is 9.95. The summed E-state index contributed by atoms with van der Waals surface area (Å²) in [4.78, 5) is 22.8. The molecule has 0 aromatic heterocycles. The van der Waals surface area contributed by atoms with Crippen molar-refractivity contribution >= 4 is 28.9 Å². The van der Waals surface area contributed by atoms with Crippen LogP contribution in [-0.4, -0.2) is 23.0 Å². The molecule has 1 aliphatic rings. The van der Waals surface area contributed by atoms with Crippen LogP contribution < -0.4 is 5.32 Å². The van der Waals surface area contributed by atoms with E-state index >= 15 is 0 Å². The second-order valence-corrected chi connectivity index (χ2v) is 6.45. The molecule has 0 unspecified atom stereocenters. The molecule has 2 rings (SSSR count). The van der Waals surface area contributed by atoms with Crippen LogP contribution in [0.25, 0.3) is 0 Å². The van der Waals surface area contributed by atoms with E-state index in [2.05, 4.69) is 5.32 Å². The topological polar surface area (TPSA) is 81.5 Å². The zero-order valence-electron chi connectivity index (χ0n) is 13.3. The van der Waals surface area contributed by atoms with E-state index in [0.29, 0.717) is 0 Å². The number of hydrogen-bond acceptors (Lipinski definition) is 5. The van der Waals surface area contributed by atoms with Gasteiger partial charge in [-0.1, -0.05) is 30.9 Å². The van der Waals surface area contributed by atoms with E-state index in [1.165, 1.54) is 18.6 Å². The maximum Gasteiger partial charge on any atom is 0.338 e. The van der Waals surface area contributed by atoms with Gasteiger partial charge in [0.2, 0.25) is 0 Å². The van der Waals surface area contributed by atoms with Gasteiger partial charge in [0.1, 0.15) is 5.69 Å². The lowest BCUT2D eigenvalue weighted by molar-refractivity contribution is -0.384. The number of nitrogens with zero attached hydrogens (tertiary/aromatic N) is 1. The molecule has 0 spiro atoms. The van der Waals surface area contributed by atoms with E-state index in [1.807, 2.05) is 0 Å². The number of rotatable bonds is 5. The van der Waals surface area contributed by atoms with Crippen LogP contribution in [0.15, 0.2) is 12.1 Å². The molecule has 126 valence electrons. The number of nitrogens with one attached hydrogen (secondary N) is 1. The summed E-state index contributed by atoms with van der Waals surface area (Å²) in [5.74, 6) is -0.616. The Morgan fingerprint density at radius 3 is 2.57 bits per heavy atom. The molecule has 23 heavy (non-hydrogen) atoms. The van der Waals surface area contributed by atoms with Crippen LogP contribution >= 0.6 is 11.6 Å². The van der Waals surface area contributed by atoms with Crippen LogP contribution in [0.5, 0.6) is 0 Å². The highest BCUT2D eigenvalue weighted by molar-refractivity contribution is 6.34. The van der Waals surface area contributed by atoms with Crippen LogP contribution in [0.4, 0.5) is 11.4 Å². The minimum Gasteiger partial charge on any atom is -0.459 e. The predicted octanol–water partition coefficient (Wildman–Crippen LogP) is 4.56. The van der Waals surface area contributed by atoms with Gasteiger partial charge in [0, 0.05) is 12.1 Å². The molecule has 0 aliphatic heterocycles. The molecule has 0 amide bonds. The first-order chi connectivity index (χ1) is 10.9. The maximum atomic E-state index is 12.0. The van der Waals surface area contributed by atoms with Crippen LogP contribution in [0.1, 0.15) is 56.3 Å². The first-order valence-corrected chi connectivity index (χ1v) is 8.21. The first-order valence-electron chi connectivity index (χ1n) is 7.84. The van der Waals surface area contributed by atoms with Gasteiger partial charge < -0.3 is 10.1 Å². The number of nitro benzene ring substituents is 1. The number of halogens is 1. The Morgan fingerprint density at radius 1 is 1.35 bits per heavy atom. The van der Waals surface area contributed by atoms with Crippen molar-refractivity contribution in [2.75, 3.05) is 5.32 Å². The molecule has 6 nitrogen and oxygen atoms in total. The van der Waals surface area contributed by atoms with Gasteiger partial charge in [-0.05, 0) is 32.8 Å². The van der Waals surface area contributed by atoms with E-state index in [4.69, 9.17) is 16.3 Å². The number of benzene rings is 1. The third-order valence-electron chi connectivity index (χ3n) is 3.80. The molecule has 1 aromatic carbocycles. The van der Waals surface area contributed by atoms with Crippen LogP contribution in [-0.2, 0) is 4.74 Å². The first kappa shape index (κ1) is 17.5. The number of carbonyl (C=O) groups is 1. The van der Waals surface area contributed by atoms with Crippen LogP contribution in [0.3, 0.4) is 0 Å². The van der Waals surface area contributed by atoms with Gasteiger partial charge in [0.05, 0.1) is 21.6 Å². The van der Waals surface area contributed by atoms with Crippen molar-refractivity contribution in [1.29, 1.82) is 0 Å². The fourth-order valence-corrected chi connectivity index (χ4v) is 3.00. The zero-order chi connectivity index (χ0) is 17.0. The number of hydrogen-bond donors (Lipinski definition) is 1. The summed E-state index contributed by atoms with van der Waals surface area (Å²) >= 11 is 6.20. The molecule has 1 N–H and O–H groups in total. The van der Waals surface area contributed by atoms with Gasteiger partial charge in [-0.3, -0.25) is 10.1 Å². The van der Waals surface area contributed by atoms with Crippen molar-refractivity contribution < 1.29 is 14.5 Å². The van der Waals surface area contributed by atoms with Gasteiger partial charge in [0.15, 0.2) is 0 Å². The van der Waals surface area contributed by atoms with Crippen molar-refractivity contribution in [1.82, 2.24) is 0 Å². The Labute approximate surface area is 140 Å². The zero-order valence-corrected chi connectivity index (χ0v) is 14.1. The number of nitro groups is 1. The molecule has 0 saturated heterocycles. The second kappa shape index (κ2) is 7.64. The number of anilines is 1. The van der Waals surface area contributed by atoms with Crippen molar-refractivity contribution in [3.8, 4) is 0 Å². The van der Waals surface area contributed by atoms with Crippen molar-refractivity contribution in [2.45, 2.75) is 58.1 Å². The molecular weight excluding hydrogens is 320 g/mol. The van der Waals surface area contributed by atoms with Gasteiger partial charge >= 0.3 is 5.97 Å². The Kier molecular flexibility index (Phi) is 5.82. The summed E-state index contributed by atoms with van der Waals surface area (Å²) in [7, 11) is 0. The SMILES string of the molecule is CC(C)OC(=O)c1cc(Cl)c(NC2CCCCC2)c([N+](=O)[O-])c1. The molecule has 1 aromatic rings. The largest absolute Gasteiger partial charge is 0.459 e. The summed E-state index contributed by atoms with van der Waals surface area (Å²) in [6.07, 6.45) is 5.01. The van der Waals surface area contributed by atoms with Crippen LogP contribution in [0.2, 0.25) is 5.02 Å². The molecule has 0 radical (unpaired) electrons. The van der Waals surface area contributed by atoms with E-state index in [-0.39, 0.29) is 34.1 Å². The molecule has 1 saturated carbocycles. The number of ether oxygens (including phenoxy) is 1. The summed E-state index contributed by atoms with van der Waals surface area (Å²) < 4.78 is 5.08. The standard InChI is InChI=1S/C16H21ClN2O4/c1-10(2)23-16(20)11-8-13(17)15(14(9-11)19(21)22)18-12-6-4-3-5-7-12/h8-10,12,18H,3-7H2,1-2H3. The average Bonchev–Trinajstić information content (AvgIpc) is 2.49. The summed E-state index contributed by atoms with van der Waals surface area (Å²) in [5, 5.41) is 14.7. The molecule has 1 aliphatic carbocycles. The fraction of sp³-hybridized carbons (Fsp3) is 0.562. The van der Waals surface area contributed by atoms with Crippen molar-refractivity contribution in [2.24, 2.45) is 0 Å². The van der Waals surface area contributed by atoms with Gasteiger partial charge in [0.25, 0.3) is 5.69 Å². The highest BCUT2D eigenvalue weighted by atomic mass is 35.5. The Balaban J connectivity index is 2.30. The summed E-state index contributed by atoms with van der Waals surface area (Å²) in [6.45, 7) is 3.43. The predicted molar refractivity (Wildman–Crippen MR) is 89.2 cm³/mol. The monoisotopic (exact) mass is 340 g/mol. The highest BCUT2D eigenvalue weighted by Gasteiger charge is 2.25. The minimum absolute atomic E-state index is 0.0876. The molecule has 7 heteroatoms. The molecule has 1 fully saturated rings. The third-order valence-corrected chi connectivity index (χ3v) is 4.10. The third kappa shape index (κ3) is 4.58. The lowest BCUT2D eigenvalue weighted by Crippen LogP contribution is -2.23. The Hall–Kier alpha value is -1.82. The fourth-order valence-electron chi connectivity index (χ4n) is 2.73. The number of carbonyl (C=O) groups excluding carboxylic acids is 1. The van der Waals surface area contributed by atoms with Gasteiger partial charge in [-0.2, -0.15) is 0 Å². The summed E-state index contributed by atoms with van der Waals surface area (Å²) in [6, 6.07) is 2.82.